The fourth-order valence-electron chi connectivity index (χ4n) is 2.63. The molecule has 21 heavy (non-hydrogen) atoms. The van der Waals surface area contributed by atoms with Gasteiger partial charge in [0, 0.05) is 18.7 Å². The van der Waals surface area contributed by atoms with E-state index in [4.69, 9.17) is 0 Å². The molecule has 2 rings (SSSR count). The summed E-state index contributed by atoms with van der Waals surface area (Å²) in [5.74, 6) is -0.189. The molecule has 1 aromatic rings. The molecule has 1 aliphatic heterocycles. The van der Waals surface area contributed by atoms with Gasteiger partial charge in [0.2, 0.25) is 5.91 Å². The lowest BCUT2D eigenvalue weighted by molar-refractivity contribution is -0.133. The highest BCUT2D eigenvalue weighted by Gasteiger charge is 2.24. The monoisotopic (exact) mass is 290 g/mol. The first kappa shape index (κ1) is 15.4. The van der Waals surface area contributed by atoms with Crippen LogP contribution in [0.2, 0.25) is 0 Å². The number of rotatable bonds is 3. The van der Waals surface area contributed by atoms with Gasteiger partial charge < -0.3 is 15.3 Å². The number of aromatic hydroxyl groups is 1. The standard InChI is InChI=1S/C16H22N2O3/c1-11-10-13(19)6-7-14(11)15(20)17-12(2)16(21)18-8-4-3-5-9-18/h6-7,10,12,19H,3-5,8-9H2,1-2H3,(H,17,20). The van der Waals surface area contributed by atoms with E-state index >= 15 is 0 Å². The van der Waals surface area contributed by atoms with Gasteiger partial charge in [0.25, 0.3) is 5.91 Å². The molecule has 1 fully saturated rings. The van der Waals surface area contributed by atoms with Crippen molar-refractivity contribution in [2.75, 3.05) is 13.1 Å². The van der Waals surface area contributed by atoms with Crippen LogP contribution in [-0.2, 0) is 4.79 Å². The summed E-state index contributed by atoms with van der Waals surface area (Å²) in [5.41, 5.74) is 1.16. The van der Waals surface area contributed by atoms with Crippen LogP contribution in [0.25, 0.3) is 0 Å². The molecule has 1 saturated heterocycles. The van der Waals surface area contributed by atoms with Crippen LogP contribution in [0.4, 0.5) is 0 Å². The number of aryl methyl sites for hydroxylation is 1. The first-order valence-corrected chi connectivity index (χ1v) is 7.38. The number of carbonyl (C=O) groups is 2. The highest BCUT2D eigenvalue weighted by atomic mass is 16.3. The van der Waals surface area contributed by atoms with E-state index in [1.807, 2.05) is 4.90 Å². The van der Waals surface area contributed by atoms with E-state index in [-0.39, 0.29) is 17.6 Å². The Balaban J connectivity index is 1.99. The van der Waals surface area contributed by atoms with E-state index in [0.717, 1.165) is 32.4 Å². The van der Waals surface area contributed by atoms with Gasteiger partial charge in [-0.1, -0.05) is 0 Å². The molecule has 0 aliphatic carbocycles. The minimum atomic E-state index is -0.538. The highest BCUT2D eigenvalue weighted by molar-refractivity contribution is 5.98. The van der Waals surface area contributed by atoms with Crippen molar-refractivity contribution in [3.05, 3.63) is 29.3 Å². The molecule has 5 heteroatoms. The third-order valence-electron chi connectivity index (χ3n) is 3.84. The van der Waals surface area contributed by atoms with Crippen LogP contribution >= 0.6 is 0 Å². The number of nitrogens with zero attached hydrogens (tertiary/aromatic N) is 1. The van der Waals surface area contributed by atoms with Gasteiger partial charge in [-0.15, -0.1) is 0 Å². The zero-order valence-electron chi connectivity index (χ0n) is 12.6. The quantitative estimate of drug-likeness (QED) is 0.892. The van der Waals surface area contributed by atoms with Crippen molar-refractivity contribution in [2.24, 2.45) is 0 Å². The molecule has 0 spiro atoms. The van der Waals surface area contributed by atoms with Gasteiger partial charge in [0.05, 0.1) is 0 Å². The Bertz CT molecular complexity index is 536. The van der Waals surface area contributed by atoms with Gasteiger partial charge in [0.1, 0.15) is 11.8 Å². The Morgan fingerprint density at radius 1 is 1.24 bits per heavy atom. The lowest BCUT2D eigenvalue weighted by Crippen LogP contribution is -2.48. The molecule has 0 bridgehead atoms. The van der Waals surface area contributed by atoms with E-state index in [1.54, 1.807) is 19.9 Å². The normalized spacial score (nSPS) is 16.4. The number of hydrogen-bond donors (Lipinski definition) is 2. The number of phenols is 1. The van der Waals surface area contributed by atoms with Crippen molar-refractivity contribution in [2.45, 2.75) is 39.2 Å². The van der Waals surface area contributed by atoms with Gasteiger partial charge in [-0.05, 0) is 56.9 Å². The third kappa shape index (κ3) is 3.74. The maximum Gasteiger partial charge on any atom is 0.252 e. The average molecular weight is 290 g/mol. The Kier molecular flexibility index (Phi) is 4.83. The molecule has 0 aromatic heterocycles. The number of nitrogens with one attached hydrogen (secondary N) is 1. The lowest BCUT2D eigenvalue weighted by Gasteiger charge is -2.29. The second kappa shape index (κ2) is 6.61. The second-order valence-corrected chi connectivity index (χ2v) is 5.58. The Morgan fingerprint density at radius 3 is 2.52 bits per heavy atom. The lowest BCUT2D eigenvalue weighted by atomic mass is 10.1. The van der Waals surface area contributed by atoms with Crippen molar-refractivity contribution in [1.29, 1.82) is 0 Å². The van der Waals surface area contributed by atoms with Crippen LogP contribution in [0.3, 0.4) is 0 Å². The van der Waals surface area contributed by atoms with Crippen LogP contribution in [0.15, 0.2) is 18.2 Å². The molecule has 2 N–H and O–H groups in total. The highest BCUT2D eigenvalue weighted by Crippen LogP contribution is 2.16. The van der Waals surface area contributed by atoms with E-state index < -0.39 is 6.04 Å². The van der Waals surface area contributed by atoms with Gasteiger partial charge in [0.15, 0.2) is 0 Å². The van der Waals surface area contributed by atoms with Gasteiger partial charge >= 0.3 is 0 Å². The number of piperidine rings is 1. The molecule has 1 aromatic carbocycles. The Morgan fingerprint density at radius 2 is 1.90 bits per heavy atom. The van der Waals surface area contributed by atoms with Crippen LogP contribution < -0.4 is 5.32 Å². The maximum atomic E-state index is 12.3. The summed E-state index contributed by atoms with van der Waals surface area (Å²) in [5, 5.41) is 12.1. The number of carbonyl (C=O) groups excluding carboxylic acids is 2. The molecular formula is C16H22N2O3. The molecule has 0 saturated carbocycles. The van der Waals surface area contributed by atoms with E-state index in [0.29, 0.717) is 11.1 Å². The van der Waals surface area contributed by atoms with Crippen LogP contribution in [0, 0.1) is 6.92 Å². The fraction of sp³-hybridized carbons (Fsp3) is 0.500. The topological polar surface area (TPSA) is 69.6 Å². The van der Waals surface area contributed by atoms with Gasteiger partial charge in [-0.25, -0.2) is 0 Å². The number of benzene rings is 1. The largest absolute Gasteiger partial charge is 0.508 e. The predicted octanol–water partition coefficient (Wildman–Crippen LogP) is 1.83. The van der Waals surface area contributed by atoms with E-state index in [9.17, 15) is 14.7 Å². The molecule has 1 heterocycles. The summed E-state index contributed by atoms with van der Waals surface area (Å²) in [7, 11) is 0. The Hall–Kier alpha value is -2.04. The summed E-state index contributed by atoms with van der Waals surface area (Å²) >= 11 is 0. The zero-order valence-corrected chi connectivity index (χ0v) is 12.6. The summed E-state index contributed by atoms with van der Waals surface area (Å²) in [6, 6.07) is 4.03. The van der Waals surface area contributed by atoms with Crippen molar-refractivity contribution in [3.8, 4) is 5.75 Å². The first-order valence-electron chi connectivity index (χ1n) is 7.38. The van der Waals surface area contributed by atoms with Gasteiger partial charge in [-0.2, -0.15) is 0 Å². The predicted molar refractivity (Wildman–Crippen MR) is 80.2 cm³/mol. The first-order chi connectivity index (χ1) is 9.99. The van der Waals surface area contributed by atoms with Crippen LogP contribution in [0.1, 0.15) is 42.1 Å². The van der Waals surface area contributed by atoms with Gasteiger partial charge in [-0.3, -0.25) is 9.59 Å². The number of hydrogen-bond acceptors (Lipinski definition) is 3. The molecule has 1 atom stereocenters. The number of amides is 2. The number of likely N-dealkylation sites (tertiary alicyclic amines) is 1. The molecule has 0 radical (unpaired) electrons. The van der Waals surface area contributed by atoms with Crippen molar-refractivity contribution in [3.63, 3.8) is 0 Å². The molecule has 5 nitrogen and oxygen atoms in total. The smallest absolute Gasteiger partial charge is 0.252 e. The fourth-order valence-corrected chi connectivity index (χ4v) is 2.63. The summed E-state index contributed by atoms with van der Waals surface area (Å²) in [6.07, 6.45) is 3.23. The zero-order chi connectivity index (χ0) is 15.4. The minimum absolute atomic E-state index is 0.0283. The molecule has 114 valence electrons. The molecule has 1 aliphatic rings. The summed E-state index contributed by atoms with van der Waals surface area (Å²) < 4.78 is 0. The summed E-state index contributed by atoms with van der Waals surface area (Å²) in [6.45, 7) is 5.02. The van der Waals surface area contributed by atoms with E-state index in [1.165, 1.54) is 12.1 Å². The van der Waals surface area contributed by atoms with Crippen molar-refractivity contribution < 1.29 is 14.7 Å². The second-order valence-electron chi connectivity index (χ2n) is 5.58. The van der Waals surface area contributed by atoms with Crippen LogP contribution in [0.5, 0.6) is 5.75 Å². The van der Waals surface area contributed by atoms with Crippen molar-refractivity contribution in [1.82, 2.24) is 10.2 Å². The third-order valence-corrected chi connectivity index (χ3v) is 3.84. The molecule has 1 unspecified atom stereocenters. The number of phenolic OH excluding ortho intramolecular Hbond substituents is 1. The van der Waals surface area contributed by atoms with Crippen LogP contribution in [-0.4, -0.2) is 41.0 Å². The average Bonchev–Trinajstić information content (AvgIpc) is 2.47. The SMILES string of the molecule is Cc1cc(O)ccc1C(=O)NC(C)C(=O)N1CCCCC1. The minimum Gasteiger partial charge on any atom is -0.508 e. The van der Waals surface area contributed by atoms with E-state index in [2.05, 4.69) is 5.32 Å². The van der Waals surface area contributed by atoms with Crippen molar-refractivity contribution >= 4 is 11.8 Å². The molecular weight excluding hydrogens is 268 g/mol. The summed E-state index contributed by atoms with van der Waals surface area (Å²) in [4.78, 5) is 26.3. The maximum absolute atomic E-state index is 12.3. The Labute approximate surface area is 125 Å². The molecule has 2 amide bonds.